The van der Waals surface area contributed by atoms with Gasteiger partial charge in [-0.2, -0.15) is 0 Å². The Labute approximate surface area is 274 Å². The van der Waals surface area contributed by atoms with Crippen molar-refractivity contribution >= 4 is 33.3 Å². The summed E-state index contributed by atoms with van der Waals surface area (Å²) >= 11 is 0. The second kappa shape index (κ2) is 9.09. The number of rotatable bonds is 2. The Bertz CT molecular complexity index is 2550. The Hall–Kier alpha value is -5.91. The lowest BCUT2D eigenvalue weighted by atomic mass is 9.76. The number of hydrogen-bond donors (Lipinski definition) is 0. The van der Waals surface area contributed by atoms with Crippen LogP contribution in [-0.4, -0.2) is 0 Å². The molecular weight excluding hydrogens is 571 g/mol. The van der Waals surface area contributed by atoms with Gasteiger partial charge in [0.25, 0.3) is 0 Å². The predicted octanol–water partition coefficient (Wildman–Crippen LogP) is 11.8. The Morgan fingerprint density at radius 3 is 2.04 bits per heavy atom. The molecule has 2 aliphatic carbocycles. The molecule has 1 heterocycles. The van der Waals surface area contributed by atoms with Crippen LogP contribution in [0.2, 0.25) is 0 Å². The van der Waals surface area contributed by atoms with E-state index in [-0.39, 0.29) is 5.41 Å². The zero-order chi connectivity index (χ0) is 31.5. The summed E-state index contributed by atoms with van der Waals surface area (Å²) in [7, 11) is 0. The van der Waals surface area contributed by atoms with E-state index in [1.54, 1.807) is 0 Å². The number of hydrogen-bond acceptors (Lipinski definition) is 1. The fraction of sp³-hybridized carbons (Fsp3) is 0.0889. The Balaban J connectivity index is 1.28. The molecule has 2 nitrogen and oxygen atoms in total. The lowest BCUT2D eigenvalue weighted by Gasteiger charge is -2.39. The lowest BCUT2D eigenvalue weighted by molar-refractivity contribution is 0.165. The molecule has 7 aromatic carbocycles. The molecule has 0 amide bonds. The van der Waals surface area contributed by atoms with Gasteiger partial charge in [-0.15, -0.1) is 0 Å². The van der Waals surface area contributed by atoms with Crippen LogP contribution < -0.4 is 4.74 Å². The molecule has 0 saturated carbocycles. The highest BCUT2D eigenvalue weighted by molar-refractivity contribution is 6.16. The topological polar surface area (TPSA) is 13.6 Å². The molecule has 7 aromatic rings. The molecule has 220 valence electrons. The van der Waals surface area contributed by atoms with Gasteiger partial charge in [-0.1, -0.05) is 147 Å². The van der Waals surface area contributed by atoms with Crippen molar-refractivity contribution in [1.29, 1.82) is 0 Å². The molecule has 47 heavy (non-hydrogen) atoms. The SMILES string of the molecule is [C-]#[N+]c1ccc2c(c1)C(C)(C)c1c3c(c4ccccc4c1-2)OC(c1ccccc1)(c1ccc2c4c(cccc14)-c1ccccc1-2)C=C3. The fourth-order valence-electron chi connectivity index (χ4n) is 8.77. The van der Waals surface area contributed by atoms with Gasteiger partial charge < -0.3 is 4.74 Å². The van der Waals surface area contributed by atoms with Gasteiger partial charge in [0.1, 0.15) is 5.75 Å². The Morgan fingerprint density at radius 2 is 1.26 bits per heavy atom. The largest absolute Gasteiger partial charge is 0.472 e. The monoisotopic (exact) mass is 599 g/mol. The highest BCUT2D eigenvalue weighted by Crippen LogP contribution is 2.59. The van der Waals surface area contributed by atoms with Gasteiger partial charge in [0, 0.05) is 27.5 Å². The first-order chi connectivity index (χ1) is 23.0. The minimum absolute atomic E-state index is 0.312. The number of nitrogens with zero attached hydrogens (tertiary/aromatic N) is 1. The van der Waals surface area contributed by atoms with Gasteiger partial charge in [0.05, 0.1) is 6.57 Å². The summed E-state index contributed by atoms with van der Waals surface area (Å²) in [6, 6.07) is 45.5. The van der Waals surface area contributed by atoms with Gasteiger partial charge in [-0.05, 0) is 66.7 Å². The van der Waals surface area contributed by atoms with Crippen LogP contribution in [0.25, 0.3) is 65.8 Å². The van der Waals surface area contributed by atoms with E-state index in [0.717, 1.165) is 27.8 Å². The van der Waals surface area contributed by atoms with Crippen LogP contribution in [0.3, 0.4) is 0 Å². The summed E-state index contributed by atoms with van der Waals surface area (Å²) in [4.78, 5) is 3.78. The van der Waals surface area contributed by atoms with Crippen molar-refractivity contribution in [3.05, 3.63) is 173 Å². The standard InChI is InChI=1S/C45H29NO/c1-44(2)39-26-28(46-3)20-21-36(39)41-32-16-9-10-17-34(32)43-37(42(41)44)24-25-45(47-43,27-12-5-4-6-13-27)38-23-22-33-30-15-8-7-14-29(30)31-18-11-19-35(38)40(31)33/h4-26H,1-2H3. The van der Waals surface area contributed by atoms with E-state index in [4.69, 9.17) is 11.3 Å². The van der Waals surface area contributed by atoms with E-state index < -0.39 is 5.60 Å². The zero-order valence-corrected chi connectivity index (χ0v) is 26.1. The van der Waals surface area contributed by atoms with Gasteiger partial charge in [0.15, 0.2) is 11.3 Å². The fourth-order valence-corrected chi connectivity index (χ4v) is 8.77. The third-order valence-electron chi connectivity index (χ3n) is 10.8. The van der Waals surface area contributed by atoms with Crippen molar-refractivity contribution in [2.24, 2.45) is 0 Å². The second-order valence-corrected chi connectivity index (χ2v) is 13.5. The molecule has 0 N–H and O–H groups in total. The summed E-state index contributed by atoms with van der Waals surface area (Å²) in [5.74, 6) is 0.906. The van der Waals surface area contributed by atoms with Crippen molar-refractivity contribution in [2.45, 2.75) is 24.9 Å². The number of ether oxygens (including phenoxy) is 1. The Kier molecular flexibility index (Phi) is 5.09. The molecule has 1 aliphatic heterocycles. The van der Waals surface area contributed by atoms with E-state index in [9.17, 15) is 0 Å². The van der Waals surface area contributed by atoms with Crippen molar-refractivity contribution < 1.29 is 4.74 Å². The van der Waals surface area contributed by atoms with Crippen LogP contribution >= 0.6 is 0 Å². The summed E-state index contributed by atoms with van der Waals surface area (Å²) in [6.07, 6.45) is 4.61. The third-order valence-corrected chi connectivity index (χ3v) is 10.8. The highest BCUT2D eigenvalue weighted by Gasteiger charge is 2.45. The first-order valence-corrected chi connectivity index (χ1v) is 16.2. The van der Waals surface area contributed by atoms with Crippen molar-refractivity contribution in [3.8, 4) is 39.1 Å². The molecule has 0 saturated heterocycles. The molecule has 10 rings (SSSR count). The van der Waals surface area contributed by atoms with Crippen LogP contribution in [0, 0.1) is 6.57 Å². The van der Waals surface area contributed by atoms with Crippen molar-refractivity contribution in [3.63, 3.8) is 0 Å². The van der Waals surface area contributed by atoms with E-state index >= 15 is 0 Å². The predicted molar refractivity (Wildman–Crippen MR) is 193 cm³/mol. The van der Waals surface area contributed by atoms with Crippen LogP contribution in [0.15, 0.2) is 133 Å². The second-order valence-electron chi connectivity index (χ2n) is 13.5. The quantitative estimate of drug-likeness (QED) is 0.180. The van der Waals surface area contributed by atoms with Crippen molar-refractivity contribution in [1.82, 2.24) is 0 Å². The normalized spacial score (nSPS) is 17.5. The number of fused-ring (bicyclic) bond motifs is 11. The first kappa shape index (κ1) is 26.3. The van der Waals surface area contributed by atoms with Crippen molar-refractivity contribution in [2.75, 3.05) is 0 Å². The Morgan fingerprint density at radius 1 is 0.596 bits per heavy atom. The minimum Gasteiger partial charge on any atom is -0.472 e. The number of benzene rings is 7. The van der Waals surface area contributed by atoms with Crippen LogP contribution in [0.4, 0.5) is 5.69 Å². The highest BCUT2D eigenvalue weighted by atomic mass is 16.5. The van der Waals surface area contributed by atoms with Crippen LogP contribution in [0.1, 0.15) is 41.7 Å². The third kappa shape index (κ3) is 3.28. The first-order valence-electron chi connectivity index (χ1n) is 16.2. The lowest BCUT2D eigenvalue weighted by Crippen LogP contribution is -2.35. The molecule has 0 radical (unpaired) electrons. The van der Waals surface area contributed by atoms with E-state index in [0.29, 0.717) is 5.69 Å². The molecule has 1 atom stereocenters. The molecule has 2 heteroatoms. The van der Waals surface area contributed by atoms with Gasteiger partial charge in [0.2, 0.25) is 0 Å². The molecule has 0 spiro atoms. The summed E-state index contributed by atoms with van der Waals surface area (Å²) in [6.45, 7) is 12.3. The average Bonchev–Trinajstić information content (AvgIpc) is 3.58. The summed E-state index contributed by atoms with van der Waals surface area (Å²) in [5, 5.41) is 4.77. The van der Waals surface area contributed by atoms with Gasteiger partial charge in [-0.25, -0.2) is 4.85 Å². The smallest absolute Gasteiger partial charge is 0.187 e. The van der Waals surface area contributed by atoms with Crippen LogP contribution in [-0.2, 0) is 11.0 Å². The van der Waals surface area contributed by atoms with E-state index in [2.05, 4.69) is 152 Å². The summed E-state index contributed by atoms with van der Waals surface area (Å²) < 4.78 is 7.62. The summed E-state index contributed by atoms with van der Waals surface area (Å²) in [5.41, 5.74) is 12.9. The average molecular weight is 600 g/mol. The molecule has 0 fully saturated rings. The van der Waals surface area contributed by atoms with E-state index in [1.165, 1.54) is 60.7 Å². The molecular formula is C45H29NO. The zero-order valence-electron chi connectivity index (χ0n) is 26.1. The molecule has 3 aliphatic rings. The maximum atomic E-state index is 7.71. The molecule has 0 aromatic heterocycles. The molecule has 0 bridgehead atoms. The van der Waals surface area contributed by atoms with Gasteiger partial charge >= 0.3 is 0 Å². The maximum Gasteiger partial charge on any atom is 0.187 e. The minimum atomic E-state index is -0.857. The van der Waals surface area contributed by atoms with Gasteiger partial charge in [-0.3, -0.25) is 0 Å². The maximum absolute atomic E-state index is 7.71. The van der Waals surface area contributed by atoms with E-state index in [1.807, 2.05) is 6.07 Å². The van der Waals surface area contributed by atoms with Crippen LogP contribution in [0.5, 0.6) is 5.75 Å². The molecule has 1 unspecified atom stereocenters.